The van der Waals surface area contributed by atoms with Crippen molar-refractivity contribution in [3.63, 3.8) is 0 Å². The SMILES string of the molecule is CCCCCCCCOc1ccc(-c2cc(C(=O)NN=Cc3ccc(C(C)C)cc3)[nH]n2)cc1. The summed E-state index contributed by atoms with van der Waals surface area (Å²) in [6.45, 7) is 7.28. The summed E-state index contributed by atoms with van der Waals surface area (Å²) in [6.07, 6.45) is 9.10. The molecule has 0 saturated heterocycles. The number of amides is 1. The van der Waals surface area contributed by atoms with Crippen molar-refractivity contribution in [2.24, 2.45) is 5.10 Å². The average Bonchev–Trinajstić information content (AvgIpc) is 3.35. The Morgan fingerprint density at radius 3 is 2.44 bits per heavy atom. The van der Waals surface area contributed by atoms with Gasteiger partial charge < -0.3 is 4.74 Å². The van der Waals surface area contributed by atoms with Crippen LogP contribution in [0.2, 0.25) is 0 Å². The molecule has 1 amide bonds. The van der Waals surface area contributed by atoms with Crippen LogP contribution in [0.25, 0.3) is 11.3 Å². The van der Waals surface area contributed by atoms with Crippen LogP contribution in [0.1, 0.15) is 86.8 Å². The molecule has 0 fully saturated rings. The minimum atomic E-state index is -0.340. The number of benzene rings is 2. The second-order valence-corrected chi connectivity index (χ2v) is 8.83. The number of carbonyl (C=O) groups excluding carboxylic acids is 1. The molecule has 34 heavy (non-hydrogen) atoms. The van der Waals surface area contributed by atoms with Crippen LogP contribution in [0.3, 0.4) is 0 Å². The lowest BCUT2D eigenvalue weighted by atomic mass is 10.0. The van der Waals surface area contributed by atoms with E-state index < -0.39 is 0 Å². The van der Waals surface area contributed by atoms with E-state index in [9.17, 15) is 4.79 Å². The van der Waals surface area contributed by atoms with Crippen molar-refractivity contribution in [3.05, 3.63) is 71.4 Å². The summed E-state index contributed by atoms with van der Waals surface area (Å²) in [5, 5.41) is 11.1. The Labute approximate surface area is 202 Å². The van der Waals surface area contributed by atoms with Crippen molar-refractivity contribution < 1.29 is 9.53 Å². The van der Waals surface area contributed by atoms with Crippen molar-refractivity contribution in [1.29, 1.82) is 0 Å². The zero-order valence-corrected chi connectivity index (χ0v) is 20.5. The van der Waals surface area contributed by atoms with Gasteiger partial charge in [-0.1, -0.05) is 77.1 Å². The molecule has 2 aromatic carbocycles. The number of nitrogens with one attached hydrogen (secondary N) is 2. The van der Waals surface area contributed by atoms with E-state index in [4.69, 9.17) is 4.74 Å². The molecular formula is C28H36N4O2. The zero-order valence-electron chi connectivity index (χ0n) is 20.5. The van der Waals surface area contributed by atoms with Crippen LogP contribution in [0.5, 0.6) is 5.75 Å². The molecule has 0 radical (unpaired) electrons. The van der Waals surface area contributed by atoms with Crippen LogP contribution in [0.15, 0.2) is 59.7 Å². The molecule has 0 aliphatic rings. The van der Waals surface area contributed by atoms with Crippen LogP contribution in [-0.4, -0.2) is 28.9 Å². The van der Waals surface area contributed by atoms with Crippen LogP contribution >= 0.6 is 0 Å². The maximum Gasteiger partial charge on any atom is 0.289 e. The van der Waals surface area contributed by atoms with E-state index in [-0.39, 0.29) is 5.91 Å². The topological polar surface area (TPSA) is 79.4 Å². The van der Waals surface area contributed by atoms with Crippen LogP contribution in [0, 0.1) is 0 Å². The first-order valence-electron chi connectivity index (χ1n) is 12.3. The van der Waals surface area contributed by atoms with Gasteiger partial charge in [0.1, 0.15) is 11.4 Å². The van der Waals surface area contributed by atoms with Crippen molar-refractivity contribution in [1.82, 2.24) is 15.6 Å². The number of hydrazone groups is 1. The third-order valence-electron chi connectivity index (χ3n) is 5.72. The zero-order chi connectivity index (χ0) is 24.2. The molecule has 3 rings (SSSR count). The van der Waals surface area contributed by atoms with Gasteiger partial charge in [-0.15, -0.1) is 0 Å². The first-order chi connectivity index (χ1) is 16.6. The minimum Gasteiger partial charge on any atom is -0.494 e. The smallest absolute Gasteiger partial charge is 0.289 e. The van der Waals surface area contributed by atoms with Gasteiger partial charge in [-0.05, 0) is 53.8 Å². The second-order valence-electron chi connectivity index (χ2n) is 8.83. The Bertz CT molecular complexity index is 1040. The molecule has 1 heterocycles. The van der Waals surface area contributed by atoms with Gasteiger partial charge >= 0.3 is 0 Å². The van der Waals surface area contributed by atoms with E-state index in [2.05, 4.69) is 53.6 Å². The highest BCUT2D eigenvalue weighted by atomic mass is 16.5. The number of rotatable bonds is 13. The first-order valence-corrected chi connectivity index (χ1v) is 12.3. The molecule has 6 heteroatoms. The highest BCUT2D eigenvalue weighted by Crippen LogP contribution is 2.22. The number of carbonyl (C=O) groups is 1. The number of ether oxygens (including phenoxy) is 1. The molecule has 0 spiro atoms. The second kappa shape index (κ2) is 13.3. The monoisotopic (exact) mass is 460 g/mol. The van der Waals surface area contributed by atoms with Crippen molar-refractivity contribution in [3.8, 4) is 17.0 Å². The highest BCUT2D eigenvalue weighted by Gasteiger charge is 2.10. The molecule has 0 saturated carbocycles. The molecule has 6 nitrogen and oxygen atoms in total. The van der Waals surface area contributed by atoms with Gasteiger partial charge in [0.15, 0.2) is 0 Å². The summed E-state index contributed by atoms with van der Waals surface area (Å²) in [5.74, 6) is 0.989. The van der Waals surface area contributed by atoms with Gasteiger partial charge in [-0.3, -0.25) is 9.89 Å². The minimum absolute atomic E-state index is 0.340. The lowest BCUT2D eigenvalue weighted by Crippen LogP contribution is -2.18. The number of aromatic nitrogens is 2. The highest BCUT2D eigenvalue weighted by molar-refractivity contribution is 5.94. The van der Waals surface area contributed by atoms with E-state index >= 15 is 0 Å². The Balaban J connectivity index is 1.46. The summed E-state index contributed by atoms with van der Waals surface area (Å²) >= 11 is 0. The number of unbranched alkanes of at least 4 members (excludes halogenated alkanes) is 5. The number of aromatic amines is 1. The Hall–Kier alpha value is -3.41. The number of H-pyrrole nitrogens is 1. The first kappa shape index (κ1) is 25.2. The summed E-state index contributed by atoms with van der Waals surface area (Å²) < 4.78 is 5.84. The van der Waals surface area contributed by atoms with Gasteiger partial charge in [-0.25, -0.2) is 5.43 Å². The summed E-state index contributed by atoms with van der Waals surface area (Å²) in [4.78, 5) is 12.4. The van der Waals surface area contributed by atoms with E-state index in [1.54, 1.807) is 12.3 Å². The molecule has 0 unspecified atom stereocenters. The van der Waals surface area contributed by atoms with Crippen LogP contribution in [0.4, 0.5) is 0 Å². The lowest BCUT2D eigenvalue weighted by Gasteiger charge is -2.06. The van der Waals surface area contributed by atoms with Crippen LogP contribution < -0.4 is 10.2 Å². The van der Waals surface area contributed by atoms with Crippen molar-refractivity contribution in [2.75, 3.05) is 6.61 Å². The van der Waals surface area contributed by atoms with Crippen LogP contribution in [-0.2, 0) is 0 Å². The third kappa shape index (κ3) is 7.87. The molecular weight excluding hydrogens is 424 g/mol. The molecule has 0 bridgehead atoms. The largest absolute Gasteiger partial charge is 0.494 e. The Kier molecular flexibility index (Phi) is 9.89. The van der Waals surface area contributed by atoms with E-state index in [0.717, 1.165) is 29.9 Å². The number of hydrogen-bond acceptors (Lipinski definition) is 4. The molecule has 1 aromatic heterocycles. The van der Waals surface area contributed by atoms with Gasteiger partial charge in [0.05, 0.1) is 18.5 Å². The predicted molar refractivity (Wildman–Crippen MR) is 138 cm³/mol. The lowest BCUT2D eigenvalue weighted by molar-refractivity contribution is 0.0950. The Morgan fingerprint density at radius 1 is 1.03 bits per heavy atom. The molecule has 2 N–H and O–H groups in total. The van der Waals surface area contributed by atoms with E-state index in [0.29, 0.717) is 17.3 Å². The van der Waals surface area contributed by atoms with E-state index in [1.165, 1.54) is 37.7 Å². The number of nitrogens with zero attached hydrogens (tertiary/aromatic N) is 2. The van der Waals surface area contributed by atoms with Gasteiger partial charge in [-0.2, -0.15) is 10.2 Å². The third-order valence-corrected chi connectivity index (χ3v) is 5.72. The van der Waals surface area contributed by atoms with Crippen molar-refractivity contribution in [2.45, 2.75) is 65.2 Å². The normalized spacial score (nSPS) is 11.3. The standard InChI is InChI=1S/C28H36N4O2/c1-4-5-6-7-8-9-18-34-25-16-14-24(15-17-25)26-19-27(31-30-26)28(33)32-29-20-22-10-12-23(13-11-22)21(2)3/h10-17,19-21H,4-9,18H2,1-3H3,(H,30,31)(H,32,33). The summed E-state index contributed by atoms with van der Waals surface area (Å²) in [5.41, 5.74) is 6.70. The maximum atomic E-state index is 12.4. The molecule has 0 atom stereocenters. The van der Waals surface area contributed by atoms with Gasteiger partial charge in [0.25, 0.3) is 5.91 Å². The average molecular weight is 461 g/mol. The van der Waals surface area contributed by atoms with Gasteiger partial charge in [0, 0.05) is 5.56 Å². The Morgan fingerprint density at radius 2 is 1.74 bits per heavy atom. The van der Waals surface area contributed by atoms with Crippen molar-refractivity contribution >= 4 is 12.1 Å². The number of hydrogen-bond donors (Lipinski definition) is 2. The quantitative estimate of drug-likeness (QED) is 0.169. The fraction of sp³-hybridized carbons (Fsp3) is 0.393. The predicted octanol–water partition coefficient (Wildman–Crippen LogP) is 6.70. The maximum absolute atomic E-state index is 12.4. The van der Waals surface area contributed by atoms with E-state index in [1.807, 2.05) is 36.4 Å². The molecule has 0 aliphatic heterocycles. The molecule has 3 aromatic rings. The molecule has 180 valence electrons. The summed E-state index contributed by atoms with van der Waals surface area (Å²) in [7, 11) is 0. The fourth-order valence-electron chi connectivity index (χ4n) is 3.57. The molecule has 0 aliphatic carbocycles. The summed E-state index contributed by atoms with van der Waals surface area (Å²) in [6, 6.07) is 17.6. The van der Waals surface area contributed by atoms with Gasteiger partial charge in [0.2, 0.25) is 0 Å². The fourth-order valence-corrected chi connectivity index (χ4v) is 3.57.